The van der Waals surface area contributed by atoms with Crippen LogP contribution in [0.4, 0.5) is 0 Å². The molecule has 0 radical (unpaired) electrons. The molecule has 0 heterocycles. The molecule has 3 aliphatic rings. The largest absolute Gasteiger partial charge is 0.294 e. The first-order valence-electron chi connectivity index (χ1n) is 9.83. The standard InChI is InChI=1S/C24H26O/c1-15(2)9-16-3-5-18-13-22-19(12-20(18)10-16)7-8-24(23(22)25)14-17-4-6-21(24)11-17/h3-5,10,12-13,15,21H,6-9,11,14H2,1-2H3. The number of Topliss-reactive ketones (excluding diaryl/α,β-unsaturated/α-hetero) is 1. The first-order chi connectivity index (χ1) is 12.0. The Hall–Kier alpha value is -1.89. The van der Waals surface area contributed by atoms with Crippen molar-refractivity contribution >= 4 is 16.6 Å². The Bertz CT molecular complexity index is 917. The summed E-state index contributed by atoms with van der Waals surface area (Å²) in [5.74, 6) is 1.69. The number of rotatable bonds is 2. The number of hydrogen-bond donors (Lipinski definition) is 0. The van der Waals surface area contributed by atoms with Gasteiger partial charge in [0.25, 0.3) is 0 Å². The van der Waals surface area contributed by atoms with Gasteiger partial charge in [-0.2, -0.15) is 0 Å². The highest BCUT2D eigenvalue weighted by Gasteiger charge is 2.53. The van der Waals surface area contributed by atoms with E-state index in [1.165, 1.54) is 28.3 Å². The third-order valence-electron chi connectivity index (χ3n) is 6.83. The highest BCUT2D eigenvalue weighted by Crippen LogP contribution is 2.58. The zero-order chi connectivity index (χ0) is 17.2. The van der Waals surface area contributed by atoms with E-state index in [1.54, 1.807) is 5.57 Å². The van der Waals surface area contributed by atoms with E-state index >= 15 is 0 Å². The Kier molecular flexibility index (Phi) is 3.26. The number of benzene rings is 2. The van der Waals surface area contributed by atoms with Gasteiger partial charge in [-0.15, -0.1) is 0 Å². The highest BCUT2D eigenvalue weighted by molar-refractivity contribution is 6.06. The maximum atomic E-state index is 13.5. The van der Waals surface area contributed by atoms with E-state index in [2.05, 4.69) is 50.3 Å². The number of carbonyl (C=O) groups is 1. The third kappa shape index (κ3) is 2.25. The van der Waals surface area contributed by atoms with Crippen molar-refractivity contribution in [2.24, 2.45) is 17.3 Å². The normalized spacial score (nSPS) is 27.4. The molecule has 2 atom stereocenters. The number of carbonyl (C=O) groups excluding carboxylic acids is 1. The second-order valence-corrected chi connectivity index (χ2v) is 8.95. The molecular weight excluding hydrogens is 304 g/mol. The van der Waals surface area contributed by atoms with Crippen molar-refractivity contribution in [1.82, 2.24) is 0 Å². The lowest BCUT2D eigenvalue weighted by Crippen LogP contribution is -2.39. The maximum Gasteiger partial charge on any atom is 0.169 e. The SMILES string of the molecule is CC(C)Cc1ccc2cc3c(cc2c1)CCC1(CC2=CCC1C2)C3=O. The van der Waals surface area contributed by atoms with Crippen molar-refractivity contribution in [3.8, 4) is 0 Å². The lowest BCUT2D eigenvalue weighted by Gasteiger charge is -2.38. The fourth-order valence-electron chi connectivity index (χ4n) is 5.62. The van der Waals surface area contributed by atoms with E-state index in [0.29, 0.717) is 17.6 Å². The van der Waals surface area contributed by atoms with Gasteiger partial charge >= 0.3 is 0 Å². The molecule has 1 fully saturated rings. The maximum absolute atomic E-state index is 13.5. The minimum atomic E-state index is -0.0671. The second kappa shape index (κ2) is 5.30. The molecule has 0 N–H and O–H groups in total. The summed E-state index contributed by atoms with van der Waals surface area (Å²) in [5, 5.41) is 2.52. The van der Waals surface area contributed by atoms with E-state index in [1.807, 2.05) is 0 Å². The van der Waals surface area contributed by atoms with Gasteiger partial charge in [0, 0.05) is 11.0 Å². The Morgan fingerprint density at radius 2 is 2.04 bits per heavy atom. The van der Waals surface area contributed by atoms with E-state index in [-0.39, 0.29) is 5.41 Å². The minimum absolute atomic E-state index is 0.0671. The molecule has 2 aromatic rings. The predicted octanol–water partition coefficient (Wildman–Crippen LogP) is 5.89. The van der Waals surface area contributed by atoms with Crippen LogP contribution in [0.3, 0.4) is 0 Å². The van der Waals surface area contributed by atoms with Crippen LogP contribution in [-0.4, -0.2) is 5.78 Å². The lowest BCUT2D eigenvalue weighted by atomic mass is 9.63. The molecule has 0 amide bonds. The number of ketones is 1. The summed E-state index contributed by atoms with van der Waals surface area (Å²) in [6.07, 6.45) is 8.95. The van der Waals surface area contributed by atoms with Crippen molar-refractivity contribution in [2.75, 3.05) is 0 Å². The molecule has 3 aliphatic carbocycles. The Labute approximate surface area is 150 Å². The minimum Gasteiger partial charge on any atom is -0.294 e. The summed E-state index contributed by atoms with van der Waals surface area (Å²) in [7, 11) is 0. The zero-order valence-corrected chi connectivity index (χ0v) is 15.3. The molecule has 0 aromatic heterocycles. The Balaban J connectivity index is 1.57. The number of allylic oxidation sites excluding steroid dienone is 2. The first kappa shape index (κ1) is 15.4. The zero-order valence-electron chi connectivity index (χ0n) is 15.3. The van der Waals surface area contributed by atoms with E-state index in [0.717, 1.165) is 37.7 Å². The third-order valence-corrected chi connectivity index (χ3v) is 6.83. The average molecular weight is 330 g/mol. The van der Waals surface area contributed by atoms with Gasteiger partial charge in [0.05, 0.1) is 0 Å². The number of aryl methyl sites for hydroxylation is 1. The highest BCUT2D eigenvalue weighted by atomic mass is 16.1. The molecule has 1 spiro atoms. The lowest BCUT2D eigenvalue weighted by molar-refractivity contribution is 0.0671. The monoisotopic (exact) mass is 330 g/mol. The molecule has 128 valence electrons. The number of fused-ring (bicyclic) bond motifs is 5. The van der Waals surface area contributed by atoms with Crippen LogP contribution in [0.2, 0.25) is 0 Å². The van der Waals surface area contributed by atoms with E-state index < -0.39 is 0 Å². The molecule has 2 bridgehead atoms. The average Bonchev–Trinajstić information content (AvgIpc) is 3.18. The summed E-state index contributed by atoms with van der Waals surface area (Å²) in [5.41, 5.74) is 5.18. The quantitative estimate of drug-likeness (QED) is 0.627. The summed E-state index contributed by atoms with van der Waals surface area (Å²) in [6.45, 7) is 4.53. The molecule has 2 unspecified atom stereocenters. The molecule has 1 heteroatoms. The molecule has 25 heavy (non-hydrogen) atoms. The second-order valence-electron chi connectivity index (χ2n) is 8.95. The summed E-state index contributed by atoms with van der Waals surface area (Å²) in [4.78, 5) is 13.5. The van der Waals surface area contributed by atoms with Gasteiger partial charge < -0.3 is 0 Å². The van der Waals surface area contributed by atoms with Crippen molar-refractivity contribution in [3.63, 3.8) is 0 Å². The van der Waals surface area contributed by atoms with Gasteiger partial charge in [-0.1, -0.05) is 49.8 Å². The molecule has 2 aromatic carbocycles. The van der Waals surface area contributed by atoms with E-state index in [4.69, 9.17) is 0 Å². The first-order valence-corrected chi connectivity index (χ1v) is 9.83. The molecule has 0 saturated heterocycles. The van der Waals surface area contributed by atoms with Gasteiger partial charge in [0.2, 0.25) is 0 Å². The van der Waals surface area contributed by atoms with Crippen molar-refractivity contribution < 1.29 is 4.79 Å². The van der Waals surface area contributed by atoms with Crippen LogP contribution in [-0.2, 0) is 12.8 Å². The van der Waals surface area contributed by atoms with Crippen LogP contribution in [0.5, 0.6) is 0 Å². The van der Waals surface area contributed by atoms with Crippen LogP contribution in [0.25, 0.3) is 10.8 Å². The van der Waals surface area contributed by atoms with Gasteiger partial charge in [0.1, 0.15) is 0 Å². The number of hydrogen-bond acceptors (Lipinski definition) is 1. The van der Waals surface area contributed by atoms with Crippen LogP contribution in [0.1, 0.15) is 61.0 Å². The van der Waals surface area contributed by atoms with Gasteiger partial charge in [0.15, 0.2) is 5.78 Å². The molecule has 5 rings (SSSR count). The predicted molar refractivity (Wildman–Crippen MR) is 103 cm³/mol. The van der Waals surface area contributed by atoms with E-state index in [9.17, 15) is 4.79 Å². The summed E-state index contributed by atoms with van der Waals surface area (Å²) >= 11 is 0. The van der Waals surface area contributed by atoms with Gasteiger partial charge in [-0.05, 0) is 78.3 Å². The van der Waals surface area contributed by atoms with Crippen molar-refractivity contribution in [2.45, 2.75) is 52.4 Å². The van der Waals surface area contributed by atoms with Crippen LogP contribution >= 0.6 is 0 Å². The van der Waals surface area contributed by atoms with Gasteiger partial charge in [-0.25, -0.2) is 0 Å². The van der Waals surface area contributed by atoms with Crippen LogP contribution in [0.15, 0.2) is 42.0 Å². The smallest absolute Gasteiger partial charge is 0.169 e. The fourth-order valence-corrected chi connectivity index (χ4v) is 5.62. The molecular formula is C24H26O. The summed E-state index contributed by atoms with van der Waals surface area (Å²) < 4.78 is 0. The molecule has 1 saturated carbocycles. The van der Waals surface area contributed by atoms with Crippen LogP contribution in [0, 0.1) is 17.3 Å². The Morgan fingerprint density at radius 3 is 2.76 bits per heavy atom. The summed E-state index contributed by atoms with van der Waals surface area (Å²) in [6, 6.07) is 11.3. The molecule has 0 aliphatic heterocycles. The Morgan fingerprint density at radius 1 is 1.16 bits per heavy atom. The van der Waals surface area contributed by atoms with Crippen molar-refractivity contribution in [3.05, 3.63) is 58.7 Å². The fraction of sp³-hybridized carbons (Fsp3) is 0.458. The molecule has 1 nitrogen and oxygen atoms in total. The van der Waals surface area contributed by atoms with Gasteiger partial charge in [-0.3, -0.25) is 4.79 Å². The van der Waals surface area contributed by atoms with Crippen molar-refractivity contribution in [1.29, 1.82) is 0 Å². The topological polar surface area (TPSA) is 17.1 Å². The van der Waals surface area contributed by atoms with Crippen LogP contribution < -0.4 is 0 Å².